The minimum absolute atomic E-state index is 0.0183. The van der Waals surface area contributed by atoms with E-state index in [1.54, 1.807) is 40.1 Å². The number of nitrogens with one attached hydrogen (secondary N) is 2. The topological polar surface area (TPSA) is 185 Å². The van der Waals surface area contributed by atoms with Crippen molar-refractivity contribution < 1.29 is 42.2 Å². The van der Waals surface area contributed by atoms with Gasteiger partial charge in [0.15, 0.2) is 0 Å². The molecule has 6 rings (SSSR count). The Kier molecular flexibility index (Phi) is 10.4. The molecular weight excluding hydrogens is 703 g/mol. The summed E-state index contributed by atoms with van der Waals surface area (Å²) in [6, 6.07) is 4.95. The van der Waals surface area contributed by atoms with Crippen LogP contribution < -0.4 is 19.5 Å². The second kappa shape index (κ2) is 14.4. The van der Waals surface area contributed by atoms with Gasteiger partial charge in [-0.15, -0.1) is 0 Å². The molecule has 15 heteroatoms. The van der Waals surface area contributed by atoms with Crippen molar-refractivity contribution >= 4 is 44.6 Å². The van der Waals surface area contributed by atoms with Crippen LogP contribution in [0.2, 0.25) is 0 Å². The second-order valence-corrected chi connectivity index (χ2v) is 18.2. The molecule has 0 radical (unpaired) electrons. The highest BCUT2D eigenvalue weighted by Crippen LogP contribution is 2.46. The molecule has 2 aliphatic heterocycles. The van der Waals surface area contributed by atoms with Gasteiger partial charge in [-0.1, -0.05) is 26.0 Å². The Morgan fingerprint density at radius 3 is 2.51 bits per heavy atom. The van der Waals surface area contributed by atoms with Gasteiger partial charge in [0.25, 0.3) is 5.91 Å². The molecular formula is C38H51N5O9S. The van der Waals surface area contributed by atoms with E-state index in [4.69, 9.17) is 9.47 Å². The number of benzene rings is 1. The number of methoxy groups -OCH3 is 1. The summed E-state index contributed by atoms with van der Waals surface area (Å²) in [5, 5.41) is 14.3. The van der Waals surface area contributed by atoms with E-state index in [0.29, 0.717) is 42.7 Å². The second-order valence-electron chi connectivity index (χ2n) is 16.2. The molecule has 2 aromatic rings. The summed E-state index contributed by atoms with van der Waals surface area (Å²) >= 11 is 0. The van der Waals surface area contributed by atoms with Crippen LogP contribution in [-0.4, -0.2) is 100 Å². The fraction of sp³-hybridized carbons (Fsp3) is 0.605. The van der Waals surface area contributed by atoms with Crippen LogP contribution in [0, 0.1) is 17.8 Å². The highest BCUT2D eigenvalue weighted by molar-refractivity contribution is 7.91. The van der Waals surface area contributed by atoms with Crippen molar-refractivity contribution in [1.82, 2.24) is 24.8 Å². The third-order valence-electron chi connectivity index (χ3n) is 11.0. The molecule has 3 fully saturated rings. The van der Waals surface area contributed by atoms with Gasteiger partial charge >= 0.3 is 6.09 Å². The third-order valence-corrected chi connectivity index (χ3v) is 12.8. The zero-order valence-corrected chi connectivity index (χ0v) is 32.0. The molecule has 1 aromatic carbocycles. The largest absolute Gasteiger partial charge is 0.497 e. The Balaban J connectivity index is 1.39. The normalized spacial score (nSPS) is 30.2. The van der Waals surface area contributed by atoms with Crippen LogP contribution >= 0.6 is 0 Å². The first kappa shape index (κ1) is 38.3. The number of aromatic nitrogens is 1. The minimum atomic E-state index is -3.91. The molecule has 0 unspecified atom stereocenters. The molecule has 53 heavy (non-hydrogen) atoms. The Morgan fingerprint density at radius 1 is 1.11 bits per heavy atom. The number of carbonyl (C=O) groups is 4. The number of carbonyl (C=O) groups excluding carboxylic acids is 3. The molecule has 288 valence electrons. The van der Waals surface area contributed by atoms with E-state index < -0.39 is 80.2 Å². The molecule has 1 aromatic heterocycles. The average molecular weight is 754 g/mol. The molecule has 0 spiro atoms. The van der Waals surface area contributed by atoms with Crippen LogP contribution in [0.5, 0.6) is 11.6 Å². The minimum Gasteiger partial charge on any atom is -0.497 e. The predicted octanol–water partition coefficient (Wildman–Crippen LogP) is 4.23. The van der Waals surface area contributed by atoms with E-state index in [2.05, 4.69) is 21.9 Å². The molecule has 0 bridgehead atoms. The van der Waals surface area contributed by atoms with Gasteiger partial charge in [0.1, 0.15) is 29.5 Å². The molecule has 2 saturated carbocycles. The van der Waals surface area contributed by atoms with Crippen LogP contribution in [0.25, 0.3) is 10.8 Å². The molecule has 2 aliphatic carbocycles. The molecule has 4 aliphatic rings. The van der Waals surface area contributed by atoms with Crippen LogP contribution in [0.4, 0.5) is 4.79 Å². The first-order chi connectivity index (χ1) is 24.9. The first-order valence-electron chi connectivity index (χ1n) is 18.4. The van der Waals surface area contributed by atoms with E-state index in [9.17, 15) is 32.7 Å². The average Bonchev–Trinajstić information content (AvgIpc) is 4.01. The Bertz CT molecular complexity index is 1910. The molecule has 4 amide bonds. The molecule has 3 N–H and O–H groups in total. The first-order valence-corrected chi connectivity index (χ1v) is 20.0. The monoisotopic (exact) mass is 753 g/mol. The van der Waals surface area contributed by atoms with Crippen molar-refractivity contribution in [3.05, 3.63) is 42.6 Å². The van der Waals surface area contributed by atoms with E-state index in [1.165, 1.54) is 9.80 Å². The standard InChI is InChI=1S/C38H51N5O9S/c1-22-9-7-8-10-25-20-38(25,35(46)41-53(49,50)28-12-13-28)40-32(44)30-19-27(52-33-29-14-11-26(51-6)18-24(29)15-16-39-33)21-42(30)34(45)31(23(2)17-22)43(36(47)48)37(3,4)5/h8,10-11,14-16,18,22-23,25,27-28,30-31H,7,9,12-13,17,19-21H2,1-6H3,(H,40,44)(H,41,46)(H,47,48)/b10-8-/t22-,23+,25+,27+,30-,31-,38+/m0/s1. The summed E-state index contributed by atoms with van der Waals surface area (Å²) in [6.45, 7) is 9.08. The Labute approximate surface area is 310 Å². The van der Waals surface area contributed by atoms with Gasteiger partial charge in [-0.3, -0.25) is 24.0 Å². The van der Waals surface area contributed by atoms with Crippen LogP contribution in [0.1, 0.15) is 79.6 Å². The van der Waals surface area contributed by atoms with Crippen molar-refractivity contribution in [1.29, 1.82) is 0 Å². The number of hydrogen-bond acceptors (Lipinski definition) is 9. The van der Waals surface area contributed by atoms with E-state index in [0.717, 1.165) is 11.8 Å². The van der Waals surface area contributed by atoms with Crippen molar-refractivity contribution in [2.45, 2.75) is 114 Å². The number of amides is 4. The summed E-state index contributed by atoms with van der Waals surface area (Å²) < 4.78 is 39.8. The number of pyridine rings is 1. The van der Waals surface area contributed by atoms with Gasteiger partial charge in [-0.2, -0.15) is 0 Å². The van der Waals surface area contributed by atoms with Gasteiger partial charge in [-0.05, 0) is 101 Å². The van der Waals surface area contributed by atoms with E-state index in [-0.39, 0.29) is 25.3 Å². The zero-order valence-electron chi connectivity index (χ0n) is 31.2. The van der Waals surface area contributed by atoms with Gasteiger partial charge < -0.3 is 24.8 Å². The van der Waals surface area contributed by atoms with Gasteiger partial charge in [0, 0.05) is 29.5 Å². The zero-order chi connectivity index (χ0) is 38.5. The number of allylic oxidation sites excluding steroid dienone is 1. The number of nitrogens with zero attached hydrogens (tertiary/aromatic N) is 3. The summed E-state index contributed by atoms with van der Waals surface area (Å²) in [7, 11) is -2.34. The van der Waals surface area contributed by atoms with Crippen molar-refractivity contribution in [2.75, 3.05) is 13.7 Å². The third kappa shape index (κ3) is 7.95. The van der Waals surface area contributed by atoms with Crippen LogP contribution in [0.3, 0.4) is 0 Å². The fourth-order valence-corrected chi connectivity index (χ4v) is 9.34. The fourth-order valence-electron chi connectivity index (χ4n) is 7.97. The van der Waals surface area contributed by atoms with Crippen molar-refractivity contribution in [3.63, 3.8) is 0 Å². The summed E-state index contributed by atoms with van der Waals surface area (Å²) in [5.41, 5.74) is -2.50. The number of ether oxygens (including phenoxy) is 2. The lowest BCUT2D eigenvalue weighted by Gasteiger charge is -2.43. The highest BCUT2D eigenvalue weighted by atomic mass is 32.2. The summed E-state index contributed by atoms with van der Waals surface area (Å²) in [6.07, 6.45) is 6.49. The smallest absolute Gasteiger partial charge is 0.408 e. The number of hydrogen-bond donors (Lipinski definition) is 3. The van der Waals surface area contributed by atoms with Gasteiger partial charge in [0.05, 0.1) is 18.9 Å². The lowest BCUT2D eigenvalue weighted by atomic mass is 9.85. The molecule has 7 atom stereocenters. The van der Waals surface area contributed by atoms with Gasteiger partial charge in [0.2, 0.25) is 27.7 Å². The van der Waals surface area contributed by atoms with Crippen LogP contribution in [-0.2, 0) is 24.4 Å². The number of fused-ring (bicyclic) bond motifs is 3. The maximum atomic E-state index is 15.0. The van der Waals surface area contributed by atoms with Crippen molar-refractivity contribution in [3.8, 4) is 11.6 Å². The molecule has 3 heterocycles. The van der Waals surface area contributed by atoms with E-state index in [1.807, 2.05) is 37.3 Å². The number of carboxylic acid groups (broad SMARTS) is 1. The lowest BCUT2D eigenvalue weighted by Crippen LogP contribution is -2.62. The number of sulfonamides is 1. The van der Waals surface area contributed by atoms with Crippen LogP contribution in [0.15, 0.2) is 42.6 Å². The highest BCUT2D eigenvalue weighted by Gasteiger charge is 2.62. The maximum absolute atomic E-state index is 15.0. The number of rotatable bonds is 7. The Hall–Kier alpha value is -4.40. The van der Waals surface area contributed by atoms with Crippen molar-refractivity contribution in [2.24, 2.45) is 17.8 Å². The molecule has 1 saturated heterocycles. The molecule has 14 nitrogen and oxygen atoms in total. The predicted molar refractivity (Wildman–Crippen MR) is 197 cm³/mol. The summed E-state index contributed by atoms with van der Waals surface area (Å²) in [5.74, 6) is -1.81. The van der Waals surface area contributed by atoms with E-state index >= 15 is 0 Å². The SMILES string of the molecule is COc1ccc2c(O[C@@H]3C[C@H]4C(=O)N[C@]5(C(=O)NS(=O)(=O)C6CC6)C[C@H]5/C=C\CC[C@H](C)C[C@@H](C)[C@H](N(C(=O)O)C(C)(C)C)C(=O)N4C3)nccc2c1. The summed E-state index contributed by atoms with van der Waals surface area (Å²) in [4.78, 5) is 63.2. The maximum Gasteiger partial charge on any atom is 0.408 e. The lowest BCUT2D eigenvalue weighted by molar-refractivity contribution is -0.146. The quantitative estimate of drug-likeness (QED) is 0.346. The van der Waals surface area contributed by atoms with Gasteiger partial charge in [-0.25, -0.2) is 18.2 Å². The Morgan fingerprint density at radius 2 is 1.85 bits per heavy atom.